The molecule has 0 saturated carbocycles. The van der Waals surface area contributed by atoms with Crippen molar-refractivity contribution in [1.82, 2.24) is 20.2 Å². The van der Waals surface area contributed by atoms with Gasteiger partial charge in [-0.1, -0.05) is 48.9 Å². The molecule has 0 aliphatic heterocycles. The highest BCUT2D eigenvalue weighted by molar-refractivity contribution is 5.94. The van der Waals surface area contributed by atoms with Gasteiger partial charge < -0.3 is 5.32 Å². The van der Waals surface area contributed by atoms with Gasteiger partial charge in [0.05, 0.1) is 0 Å². The summed E-state index contributed by atoms with van der Waals surface area (Å²) in [7, 11) is 0. The molecule has 0 unspecified atom stereocenters. The summed E-state index contributed by atoms with van der Waals surface area (Å²) in [5.41, 5.74) is 5.11. The summed E-state index contributed by atoms with van der Waals surface area (Å²) in [5.74, 6) is 0.334. The van der Waals surface area contributed by atoms with E-state index in [0.29, 0.717) is 5.82 Å². The molecule has 0 spiro atoms. The SMILES string of the molecule is CCc1ccc(-c2nnn([C@@H](C)C(=O)Nc3ccc(C)cc3C)n2)cc1. The molecule has 0 saturated heterocycles. The molecule has 134 valence electrons. The summed E-state index contributed by atoms with van der Waals surface area (Å²) in [6.07, 6.45) is 0.982. The van der Waals surface area contributed by atoms with Crippen LogP contribution in [-0.4, -0.2) is 26.1 Å². The number of aromatic nitrogens is 4. The van der Waals surface area contributed by atoms with Gasteiger partial charge in [0, 0.05) is 11.3 Å². The number of hydrogen-bond acceptors (Lipinski definition) is 4. The van der Waals surface area contributed by atoms with E-state index in [9.17, 15) is 4.79 Å². The smallest absolute Gasteiger partial charge is 0.250 e. The van der Waals surface area contributed by atoms with Crippen molar-refractivity contribution in [3.63, 3.8) is 0 Å². The van der Waals surface area contributed by atoms with Crippen LogP contribution in [0.2, 0.25) is 0 Å². The highest BCUT2D eigenvalue weighted by Crippen LogP contribution is 2.19. The zero-order valence-corrected chi connectivity index (χ0v) is 15.5. The lowest BCUT2D eigenvalue weighted by atomic mass is 10.1. The van der Waals surface area contributed by atoms with Crippen LogP contribution >= 0.6 is 0 Å². The molecule has 1 amide bonds. The van der Waals surface area contributed by atoms with Crippen LogP contribution in [0.1, 0.15) is 36.6 Å². The van der Waals surface area contributed by atoms with Crippen LogP contribution in [0.3, 0.4) is 0 Å². The van der Waals surface area contributed by atoms with Crippen LogP contribution in [0.5, 0.6) is 0 Å². The van der Waals surface area contributed by atoms with E-state index in [2.05, 4.69) is 27.7 Å². The number of carbonyl (C=O) groups excluding carboxylic acids is 1. The van der Waals surface area contributed by atoms with E-state index >= 15 is 0 Å². The van der Waals surface area contributed by atoms with Gasteiger partial charge in [-0.05, 0) is 49.6 Å². The van der Waals surface area contributed by atoms with E-state index in [-0.39, 0.29) is 5.91 Å². The Kier molecular flexibility index (Phi) is 5.11. The van der Waals surface area contributed by atoms with Crippen LogP contribution in [0.15, 0.2) is 42.5 Å². The van der Waals surface area contributed by atoms with Gasteiger partial charge in [-0.15, -0.1) is 10.2 Å². The maximum atomic E-state index is 12.5. The predicted molar refractivity (Wildman–Crippen MR) is 102 cm³/mol. The number of anilines is 1. The van der Waals surface area contributed by atoms with E-state index in [0.717, 1.165) is 28.8 Å². The molecule has 3 aromatic rings. The van der Waals surface area contributed by atoms with Crippen LogP contribution in [0.4, 0.5) is 5.69 Å². The minimum atomic E-state index is -0.563. The van der Waals surface area contributed by atoms with Gasteiger partial charge in [0.15, 0.2) is 0 Å². The maximum absolute atomic E-state index is 12.5. The van der Waals surface area contributed by atoms with E-state index in [4.69, 9.17) is 0 Å². The number of carbonyl (C=O) groups is 1. The fourth-order valence-corrected chi connectivity index (χ4v) is 2.69. The van der Waals surface area contributed by atoms with Crippen molar-refractivity contribution >= 4 is 11.6 Å². The second-order valence-corrected chi connectivity index (χ2v) is 6.47. The summed E-state index contributed by atoms with van der Waals surface area (Å²) in [4.78, 5) is 13.9. The molecule has 0 aliphatic carbocycles. The Bertz CT molecular complexity index is 914. The average Bonchev–Trinajstić information content (AvgIpc) is 3.13. The topological polar surface area (TPSA) is 72.7 Å². The number of hydrogen-bond donors (Lipinski definition) is 1. The fraction of sp³-hybridized carbons (Fsp3) is 0.300. The predicted octanol–water partition coefficient (Wildman–Crippen LogP) is 3.72. The lowest BCUT2D eigenvalue weighted by molar-refractivity contribution is -0.119. The summed E-state index contributed by atoms with van der Waals surface area (Å²) in [6, 6.07) is 13.4. The first-order valence-electron chi connectivity index (χ1n) is 8.75. The Morgan fingerprint density at radius 2 is 1.88 bits per heavy atom. The third kappa shape index (κ3) is 3.79. The summed E-state index contributed by atoms with van der Waals surface area (Å²) in [5, 5.41) is 15.4. The largest absolute Gasteiger partial charge is 0.324 e. The van der Waals surface area contributed by atoms with E-state index in [1.165, 1.54) is 10.4 Å². The highest BCUT2D eigenvalue weighted by Gasteiger charge is 2.19. The van der Waals surface area contributed by atoms with Crippen molar-refractivity contribution in [2.45, 2.75) is 40.2 Å². The Hall–Kier alpha value is -3.02. The number of amides is 1. The summed E-state index contributed by atoms with van der Waals surface area (Å²) in [6.45, 7) is 7.86. The molecule has 3 rings (SSSR count). The first-order valence-corrected chi connectivity index (χ1v) is 8.75. The molecule has 0 bridgehead atoms. The molecule has 1 atom stereocenters. The van der Waals surface area contributed by atoms with Crippen molar-refractivity contribution in [2.24, 2.45) is 0 Å². The van der Waals surface area contributed by atoms with Crippen molar-refractivity contribution in [1.29, 1.82) is 0 Å². The zero-order valence-electron chi connectivity index (χ0n) is 15.5. The van der Waals surface area contributed by atoms with E-state index < -0.39 is 6.04 Å². The van der Waals surface area contributed by atoms with E-state index in [1.54, 1.807) is 6.92 Å². The minimum Gasteiger partial charge on any atom is -0.324 e. The van der Waals surface area contributed by atoms with Gasteiger partial charge in [0.25, 0.3) is 5.91 Å². The standard InChI is InChI=1S/C20H23N5O/c1-5-16-7-9-17(10-8-16)19-22-24-25(23-19)15(4)20(26)21-18-11-6-13(2)12-14(18)3/h6-12,15H,5H2,1-4H3,(H,21,26)/t15-/m0/s1. The lowest BCUT2D eigenvalue weighted by Gasteiger charge is -2.13. The maximum Gasteiger partial charge on any atom is 0.250 e. The second-order valence-electron chi connectivity index (χ2n) is 6.47. The molecular weight excluding hydrogens is 326 g/mol. The number of nitrogens with zero attached hydrogens (tertiary/aromatic N) is 4. The summed E-state index contributed by atoms with van der Waals surface area (Å²) >= 11 is 0. The van der Waals surface area contributed by atoms with Crippen molar-refractivity contribution < 1.29 is 4.79 Å². The molecule has 1 heterocycles. The van der Waals surface area contributed by atoms with Gasteiger partial charge >= 0.3 is 0 Å². The molecule has 26 heavy (non-hydrogen) atoms. The molecule has 1 aromatic heterocycles. The molecule has 0 aliphatic rings. The zero-order chi connectivity index (χ0) is 18.7. The fourth-order valence-electron chi connectivity index (χ4n) is 2.69. The molecule has 2 aromatic carbocycles. The summed E-state index contributed by atoms with van der Waals surface area (Å²) < 4.78 is 0. The molecule has 0 radical (unpaired) electrons. The van der Waals surface area contributed by atoms with Gasteiger partial charge in [-0.3, -0.25) is 4.79 Å². The third-order valence-electron chi connectivity index (χ3n) is 4.41. The molecule has 1 N–H and O–H groups in total. The normalized spacial score (nSPS) is 12.0. The second kappa shape index (κ2) is 7.47. The Morgan fingerprint density at radius 3 is 2.54 bits per heavy atom. The molecule has 6 nitrogen and oxygen atoms in total. The molecular formula is C20H23N5O. The van der Waals surface area contributed by atoms with Crippen LogP contribution in [0, 0.1) is 13.8 Å². The van der Waals surface area contributed by atoms with Crippen LogP contribution < -0.4 is 5.32 Å². The van der Waals surface area contributed by atoms with Crippen molar-refractivity contribution in [3.05, 3.63) is 59.2 Å². The monoisotopic (exact) mass is 349 g/mol. The van der Waals surface area contributed by atoms with Crippen molar-refractivity contribution in [2.75, 3.05) is 5.32 Å². The Balaban J connectivity index is 1.74. The Labute approximate surface area is 153 Å². The lowest BCUT2D eigenvalue weighted by Crippen LogP contribution is -2.25. The molecule has 0 fully saturated rings. The Morgan fingerprint density at radius 1 is 1.15 bits per heavy atom. The number of nitrogens with one attached hydrogen (secondary N) is 1. The van der Waals surface area contributed by atoms with Gasteiger partial charge in [0.1, 0.15) is 6.04 Å². The number of rotatable bonds is 5. The molecule has 6 heteroatoms. The van der Waals surface area contributed by atoms with Gasteiger partial charge in [-0.25, -0.2) is 0 Å². The van der Waals surface area contributed by atoms with E-state index in [1.807, 2.05) is 56.3 Å². The van der Waals surface area contributed by atoms with Crippen LogP contribution in [0.25, 0.3) is 11.4 Å². The quantitative estimate of drug-likeness (QED) is 0.762. The number of tetrazole rings is 1. The first-order chi connectivity index (χ1) is 12.5. The third-order valence-corrected chi connectivity index (χ3v) is 4.41. The number of benzene rings is 2. The highest BCUT2D eigenvalue weighted by atomic mass is 16.2. The first kappa shape index (κ1) is 17.8. The van der Waals surface area contributed by atoms with Crippen LogP contribution in [-0.2, 0) is 11.2 Å². The average molecular weight is 349 g/mol. The minimum absolute atomic E-state index is 0.178. The van der Waals surface area contributed by atoms with Gasteiger partial charge in [0.2, 0.25) is 5.82 Å². The van der Waals surface area contributed by atoms with Crippen molar-refractivity contribution in [3.8, 4) is 11.4 Å². The van der Waals surface area contributed by atoms with Gasteiger partial charge in [-0.2, -0.15) is 4.80 Å². The number of aryl methyl sites for hydroxylation is 3.